The van der Waals surface area contributed by atoms with Crippen LogP contribution in [0, 0.1) is 5.82 Å². The summed E-state index contributed by atoms with van der Waals surface area (Å²) in [7, 11) is 0. The van der Waals surface area contributed by atoms with E-state index in [-0.39, 0.29) is 11.9 Å². The smallest absolute Gasteiger partial charge is 0.140 e. The van der Waals surface area contributed by atoms with Gasteiger partial charge in [-0.15, -0.1) is 0 Å². The minimum absolute atomic E-state index is 0.202. The van der Waals surface area contributed by atoms with Crippen LogP contribution in [0.1, 0.15) is 12.5 Å². The first-order valence-corrected chi connectivity index (χ1v) is 6.56. The Hall–Kier alpha value is -1.42. The van der Waals surface area contributed by atoms with Crippen LogP contribution in [-0.4, -0.2) is 11.0 Å². The summed E-state index contributed by atoms with van der Waals surface area (Å²) >= 11 is 3.45. The second kappa shape index (κ2) is 5.96. The number of nitrogens with one attached hydrogen (secondary N) is 1. The van der Waals surface area contributed by atoms with E-state index in [9.17, 15) is 4.39 Å². The maximum absolute atomic E-state index is 12.8. The minimum Gasteiger partial charge on any atom is -0.366 e. The molecule has 4 heteroatoms. The van der Waals surface area contributed by atoms with Crippen molar-refractivity contribution in [3.63, 3.8) is 0 Å². The topological polar surface area (TPSA) is 24.9 Å². The molecule has 94 valence electrons. The van der Waals surface area contributed by atoms with Crippen LogP contribution in [-0.2, 0) is 6.42 Å². The van der Waals surface area contributed by atoms with E-state index in [0.29, 0.717) is 0 Å². The van der Waals surface area contributed by atoms with Gasteiger partial charge in [-0.3, -0.25) is 0 Å². The quantitative estimate of drug-likeness (QED) is 0.922. The van der Waals surface area contributed by atoms with Crippen molar-refractivity contribution in [2.75, 3.05) is 5.32 Å². The molecule has 0 aliphatic rings. The largest absolute Gasteiger partial charge is 0.366 e. The van der Waals surface area contributed by atoms with Gasteiger partial charge in [-0.05, 0) is 59.1 Å². The van der Waals surface area contributed by atoms with Gasteiger partial charge in [-0.25, -0.2) is 9.37 Å². The number of hydrogen-bond acceptors (Lipinski definition) is 2. The van der Waals surface area contributed by atoms with E-state index in [0.717, 1.165) is 22.3 Å². The van der Waals surface area contributed by atoms with Crippen LogP contribution in [0.15, 0.2) is 47.1 Å². The molecule has 0 aliphatic heterocycles. The second-order valence-electron chi connectivity index (χ2n) is 4.21. The fourth-order valence-corrected chi connectivity index (χ4v) is 2.12. The fraction of sp³-hybridized carbons (Fsp3) is 0.214. The molecule has 1 N–H and O–H groups in total. The summed E-state index contributed by atoms with van der Waals surface area (Å²) in [5.41, 5.74) is 1.10. The number of pyridine rings is 1. The second-order valence-corrected chi connectivity index (χ2v) is 5.06. The third-order valence-electron chi connectivity index (χ3n) is 2.60. The number of nitrogens with zero attached hydrogens (tertiary/aromatic N) is 1. The van der Waals surface area contributed by atoms with Crippen LogP contribution in [0.2, 0.25) is 0 Å². The maximum Gasteiger partial charge on any atom is 0.140 e. The van der Waals surface area contributed by atoms with Gasteiger partial charge in [0.25, 0.3) is 0 Å². The molecule has 1 aromatic heterocycles. The zero-order chi connectivity index (χ0) is 13.0. The zero-order valence-electron chi connectivity index (χ0n) is 10.0. The van der Waals surface area contributed by atoms with E-state index in [1.807, 2.05) is 12.1 Å². The Morgan fingerprint density at radius 2 is 2.00 bits per heavy atom. The molecule has 0 radical (unpaired) electrons. The monoisotopic (exact) mass is 308 g/mol. The number of anilines is 1. The van der Waals surface area contributed by atoms with E-state index in [2.05, 4.69) is 33.2 Å². The van der Waals surface area contributed by atoms with Crippen LogP contribution in [0.3, 0.4) is 0 Å². The highest BCUT2D eigenvalue weighted by atomic mass is 79.9. The van der Waals surface area contributed by atoms with Crippen molar-refractivity contribution in [2.24, 2.45) is 0 Å². The number of benzene rings is 1. The van der Waals surface area contributed by atoms with Crippen molar-refractivity contribution in [2.45, 2.75) is 19.4 Å². The van der Waals surface area contributed by atoms with Crippen LogP contribution in [0.5, 0.6) is 0 Å². The van der Waals surface area contributed by atoms with Crippen molar-refractivity contribution in [3.8, 4) is 0 Å². The Bertz CT molecular complexity index is 513. The number of halogens is 2. The predicted octanol–water partition coefficient (Wildman–Crippen LogP) is 4.03. The molecule has 2 rings (SSSR count). The van der Waals surface area contributed by atoms with Gasteiger partial charge in [0.2, 0.25) is 0 Å². The molecule has 0 saturated heterocycles. The molecule has 0 amide bonds. The SMILES string of the molecule is CC(Cc1ccc(F)cc1)Nc1ncccc1Br. The normalized spacial score (nSPS) is 12.2. The summed E-state index contributed by atoms with van der Waals surface area (Å²) in [4.78, 5) is 4.26. The first kappa shape index (κ1) is 13.0. The number of hydrogen-bond donors (Lipinski definition) is 1. The lowest BCUT2D eigenvalue weighted by Crippen LogP contribution is -2.19. The standard InChI is InChI=1S/C14H14BrFN2/c1-10(9-11-4-6-12(16)7-5-11)18-14-13(15)3-2-8-17-14/h2-8,10H,9H2,1H3,(H,17,18). The van der Waals surface area contributed by atoms with Crippen molar-refractivity contribution >= 4 is 21.7 Å². The highest BCUT2D eigenvalue weighted by Gasteiger charge is 2.06. The van der Waals surface area contributed by atoms with E-state index < -0.39 is 0 Å². The molecule has 1 aromatic carbocycles. The molecule has 2 nitrogen and oxygen atoms in total. The average Bonchev–Trinajstić information content (AvgIpc) is 2.35. The van der Waals surface area contributed by atoms with Gasteiger partial charge in [0.15, 0.2) is 0 Å². The Morgan fingerprint density at radius 3 is 2.67 bits per heavy atom. The van der Waals surface area contributed by atoms with E-state index >= 15 is 0 Å². The first-order chi connectivity index (χ1) is 8.65. The summed E-state index contributed by atoms with van der Waals surface area (Å²) in [5, 5.41) is 3.32. The summed E-state index contributed by atoms with van der Waals surface area (Å²) in [6.07, 6.45) is 2.57. The molecule has 0 spiro atoms. The maximum atomic E-state index is 12.8. The van der Waals surface area contributed by atoms with Gasteiger partial charge in [-0.2, -0.15) is 0 Å². The van der Waals surface area contributed by atoms with E-state index in [1.54, 1.807) is 18.3 Å². The Labute approximate surface area is 114 Å². The summed E-state index contributed by atoms with van der Waals surface area (Å²) in [6.45, 7) is 2.07. The lowest BCUT2D eigenvalue weighted by atomic mass is 10.1. The molecular formula is C14H14BrFN2. The van der Waals surface area contributed by atoms with E-state index in [4.69, 9.17) is 0 Å². The van der Waals surface area contributed by atoms with Gasteiger partial charge in [0, 0.05) is 12.2 Å². The molecule has 1 unspecified atom stereocenters. The third kappa shape index (κ3) is 3.53. The van der Waals surface area contributed by atoms with Gasteiger partial charge in [0.1, 0.15) is 11.6 Å². The molecule has 2 aromatic rings. The molecule has 0 aliphatic carbocycles. The first-order valence-electron chi connectivity index (χ1n) is 5.76. The Balaban J connectivity index is 1.99. The molecule has 1 atom stereocenters. The van der Waals surface area contributed by atoms with E-state index in [1.165, 1.54) is 12.1 Å². The molecule has 0 fully saturated rings. The lowest BCUT2D eigenvalue weighted by Gasteiger charge is -2.15. The summed E-state index contributed by atoms with van der Waals surface area (Å²) in [6, 6.07) is 10.6. The van der Waals surface area contributed by atoms with Gasteiger partial charge in [-0.1, -0.05) is 12.1 Å². The van der Waals surface area contributed by atoms with Crippen molar-refractivity contribution in [1.82, 2.24) is 4.98 Å². The number of aromatic nitrogens is 1. The highest BCUT2D eigenvalue weighted by Crippen LogP contribution is 2.19. The fourth-order valence-electron chi connectivity index (χ4n) is 1.75. The predicted molar refractivity (Wildman–Crippen MR) is 75.1 cm³/mol. The van der Waals surface area contributed by atoms with Gasteiger partial charge in [0.05, 0.1) is 4.47 Å². The third-order valence-corrected chi connectivity index (χ3v) is 3.24. The number of rotatable bonds is 4. The van der Waals surface area contributed by atoms with Gasteiger partial charge >= 0.3 is 0 Å². The molecule has 1 heterocycles. The average molecular weight is 309 g/mol. The Morgan fingerprint density at radius 1 is 1.28 bits per heavy atom. The van der Waals surface area contributed by atoms with Gasteiger partial charge < -0.3 is 5.32 Å². The van der Waals surface area contributed by atoms with Crippen LogP contribution in [0.4, 0.5) is 10.2 Å². The van der Waals surface area contributed by atoms with Crippen LogP contribution >= 0.6 is 15.9 Å². The lowest BCUT2D eigenvalue weighted by molar-refractivity contribution is 0.626. The summed E-state index contributed by atoms with van der Waals surface area (Å²) in [5.74, 6) is 0.624. The van der Waals surface area contributed by atoms with Crippen molar-refractivity contribution < 1.29 is 4.39 Å². The van der Waals surface area contributed by atoms with Crippen molar-refractivity contribution in [3.05, 3.63) is 58.4 Å². The highest BCUT2D eigenvalue weighted by molar-refractivity contribution is 9.10. The molecular weight excluding hydrogens is 295 g/mol. The molecule has 18 heavy (non-hydrogen) atoms. The molecule has 0 saturated carbocycles. The molecule has 0 bridgehead atoms. The van der Waals surface area contributed by atoms with Crippen LogP contribution < -0.4 is 5.32 Å². The van der Waals surface area contributed by atoms with Crippen molar-refractivity contribution in [1.29, 1.82) is 0 Å². The van der Waals surface area contributed by atoms with Crippen LogP contribution in [0.25, 0.3) is 0 Å². The Kier molecular flexibility index (Phi) is 4.31. The minimum atomic E-state index is -0.202. The zero-order valence-corrected chi connectivity index (χ0v) is 11.6. The summed E-state index contributed by atoms with van der Waals surface area (Å²) < 4.78 is 13.7.